The second-order valence-corrected chi connectivity index (χ2v) is 6.02. The van der Waals surface area contributed by atoms with E-state index in [2.05, 4.69) is 15.0 Å². The van der Waals surface area contributed by atoms with Crippen LogP contribution < -0.4 is 0 Å². The highest BCUT2D eigenvalue weighted by atomic mass is 32.1. The van der Waals surface area contributed by atoms with Crippen LogP contribution in [0.15, 0.2) is 52.4 Å². The first kappa shape index (κ1) is 15.2. The molecule has 0 spiro atoms. The van der Waals surface area contributed by atoms with Gasteiger partial charge in [-0.1, -0.05) is 6.07 Å². The molecule has 1 aromatic carbocycles. The molecule has 0 fully saturated rings. The van der Waals surface area contributed by atoms with Crippen molar-refractivity contribution >= 4 is 40.6 Å². The van der Waals surface area contributed by atoms with Crippen molar-refractivity contribution in [2.45, 2.75) is 0 Å². The minimum atomic E-state index is -1.00. The number of carbonyl (C=O) groups is 1. The molecule has 7 heteroatoms. The molecule has 0 aliphatic rings. The van der Waals surface area contributed by atoms with Crippen LogP contribution in [0.25, 0.3) is 34.0 Å². The zero-order chi connectivity index (χ0) is 17.2. The molecule has 0 unspecified atom stereocenters. The van der Waals surface area contributed by atoms with Gasteiger partial charge in [-0.15, -0.1) is 11.3 Å². The third-order valence-electron chi connectivity index (χ3n) is 3.45. The summed E-state index contributed by atoms with van der Waals surface area (Å²) in [6, 6.07) is 10.3. The van der Waals surface area contributed by atoms with Crippen LogP contribution >= 0.6 is 11.3 Å². The van der Waals surface area contributed by atoms with Crippen LogP contribution in [0.2, 0.25) is 0 Å². The highest BCUT2D eigenvalue weighted by molar-refractivity contribution is 7.13. The Labute approximate surface area is 146 Å². The topological polar surface area (TPSA) is 89.1 Å². The summed E-state index contributed by atoms with van der Waals surface area (Å²) in [6.45, 7) is 0. The summed E-state index contributed by atoms with van der Waals surface area (Å²) in [5.74, 6) is -0.607. The Balaban J connectivity index is 1.58. The van der Waals surface area contributed by atoms with E-state index >= 15 is 0 Å². The summed E-state index contributed by atoms with van der Waals surface area (Å²) in [4.78, 5) is 24.1. The number of pyridine rings is 1. The predicted molar refractivity (Wildman–Crippen MR) is 95.2 cm³/mol. The standard InChI is InChI=1S/C18H11N3O3S/c22-18(23)11-4-6-13-15(9-11)24-16(21-13)7-5-12-10-25-17(20-12)14-3-1-2-8-19-14/h1-10H,(H,22,23). The molecule has 4 aromatic rings. The molecule has 0 saturated carbocycles. The van der Waals surface area contributed by atoms with Gasteiger partial charge in [0, 0.05) is 17.7 Å². The van der Waals surface area contributed by atoms with Crippen LogP contribution in [-0.4, -0.2) is 26.0 Å². The van der Waals surface area contributed by atoms with Gasteiger partial charge in [0.2, 0.25) is 5.89 Å². The Morgan fingerprint density at radius 1 is 1.16 bits per heavy atom. The molecule has 0 radical (unpaired) electrons. The lowest BCUT2D eigenvalue weighted by Crippen LogP contribution is -1.94. The molecule has 4 rings (SSSR count). The highest BCUT2D eigenvalue weighted by Crippen LogP contribution is 2.23. The number of carboxylic acids is 1. The summed E-state index contributed by atoms with van der Waals surface area (Å²) < 4.78 is 5.57. The van der Waals surface area contributed by atoms with Crippen LogP contribution in [0.5, 0.6) is 0 Å². The smallest absolute Gasteiger partial charge is 0.335 e. The number of thiazole rings is 1. The number of hydrogen-bond donors (Lipinski definition) is 1. The Bertz CT molecular complexity index is 1080. The van der Waals surface area contributed by atoms with Crippen molar-refractivity contribution in [3.8, 4) is 10.7 Å². The average Bonchev–Trinajstić information content (AvgIpc) is 3.26. The van der Waals surface area contributed by atoms with Gasteiger partial charge in [-0.2, -0.15) is 0 Å². The van der Waals surface area contributed by atoms with Crippen molar-refractivity contribution < 1.29 is 14.3 Å². The fraction of sp³-hybridized carbons (Fsp3) is 0. The second-order valence-electron chi connectivity index (χ2n) is 5.17. The number of fused-ring (bicyclic) bond motifs is 1. The first-order chi connectivity index (χ1) is 12.2. The number of hydrogen-bond acceptors (Lipinski definition) is 6. The molecule has 3 aromatic heterocycles. The minimum Gasteiger partial charge on any atom is -0.478 e. The number of aromatic nitrogens is 3. The van der Waals surface area contributed by atoms with E-state index in [1.807, 2.05) is 23.6 Å². The monoisotopic (exact) mass is 349 g/mol. The van der Waals surface area contributed by atoms with Crippen molar-refractivity contribution in [2.75, 3.05) is 0 Å². The van der Waals surface area contributed by atoms with E-state index in [9.17, 15) is 4.79 Å². The second kappa shape index (κ2) is 6.29. The molecule has 25 heavy (non-hydrogen) atoms. The number of aromatic carboxylic acids is 1. The summed E-state index contributed by atoms with van der Waals surface area (Å²) in [5, 5.41) is 11.8. The van der Waals surface area contributed by atoms with E-state index in [1.165, 1.54) is 23.5 Å². The fourth-order valence-electron chi connectivity index (χ4n) is 2.27. The molecule has 122 valence electrons. The molecule has 0 saturated heterocycles. The Morgan fingerprint density at radius 3 is 2.88 bits per heavy atom. The SMILES string of the molecule is O=C(O)c1ccc2nc(C=Cc3csc(-c4ccccn4)n3)oc2c1. The molecule has 0 aliphatic heterocycles. The largest absolute Gasteiger partial charge is 0.478 e. The molecular weight excluding hydrogens is 338 g/mol. The van der Waals surface area contributed by atoms with E-state index in [-0.39, 0.29) is 5.56 Å². The van der Waals surface area contributed by atoms with Crippen LogP contribution in [-0.2, 0) is 0 Å². The van der Waals surface area contributed by atoms with Crippen molar-refractivity contribution in [3.05, 3.63) is 65.1 Å². The predicted octanol–water partition coefficient (Wildman–Crippen LogP) is 4.21. The van der Waals surface area contributed by atoms with E-state index < -0.39 is 5.97 Å². The van der Waals surface area contributed by atoms with E-state index in [1.54, 1.807) is 24.4 Å². The Kier molecular flexibility index (Phi) is 3.83. The lowest BCUT2D eigenvalue weighted by atomic mass is 10.2. The number of oxazole rings is 1. The van der Waals surface area contributed by atoms with Crippen LogP contribution in [0.3, 0.4) is 0 Å². The zero-order valence-corrected chi connectivity index (χ0v) is 13.6. The van der Waals surface area contributed by atoms with Gasteiger partial charge in [-0.3, -0.25) is 4.98 Å². The van der Waals surface area contributed by atoms with Crippen LogP contribution in [0.4, 0.5) is 0 Å². The van der Waals surface area contributed by atoms with Gasteiger partial charge < -0.3 is 9.52 Å². The van der Waals surface area contributed by atoms with Gasteiger partial charge >= 0.3 is 5.97 Å². The van der Waals surface area contributed by atoms with Crippen molar-refractivity contribution in [1.29, 1.82) is 0 Å². The minimum absolute atomic E-state index is 0.165. The molecule has 0 bridgehead atoms. The first-order valence-corrected chi connectivity index (χ1v) is 8.26. The quantitative estimate of drug-likeness (QED) is 0.593. The van der Waals surface area contributed by atoms with Crippen molar-refractivity contribution in [2.24, 2.45) is 0 Å². The van der Waals surface area contributed by atoms with Crippen LogP contribution in [0.1, 0.15) is 21.9 Å². The average molecular weight is 349 g/mol. The van der Waals surface area contributed by atoms with Crippen LogP contribution in [0, 0.1) is 0 Å². The highest BCUT2D eigenvalue weighted by Gasteiger charge is 2.09. The number of rotatable bonds is 4. The van der Waals surface area contributed by atoms with E-state index in [4.69, 9.17) is 9.52 Å². The molecule has 6 nitrogen and oxygen atoms in total. The maximum atomic E-state index is 11.0. The molecular formula is C18H11N3O3S. The summed E-state index contributed by atoms with van der Waals surface area (Å²) in [6.07, 6.45) is 5.24. The first-order valence-electron chi connectivity index (χ1n) is 7.38. The van der Waals surface area contributed by atoms with Crippen molar-refractivity contribution in [1.82, 2.24) is 15.0 Å². The Morgan fingerprint density at radius 2 is 2.08 bits per heavy atom. The maximum Gasteiger partial charge on any atom is 0.335 e. The third-order valence-corrected chi connectivity index (χ3v) is 4.34. The summed E-state index contributed by atoms with van der Waals surface area (Å²) in [5.41, 5.74) is 2.82. The molecule has 3 heterocycles. The van der Waals surface area contributed by atoms with Crippen molar-refractivity contribution in [3.63, 3.8) is 0 Å². The number of benzene rings is 1. The number of nitrogens with zero attached hydrogens (tertiary/aromatic N) is 3. The Hall–Kier alpha value is -3.32. The normalized spacial score (nSPS) is 11.4. The van der Waals surface area contributed by atoms with Gasteiger partial charge in [-0.05, 0) is 36.4 Å². The fourth-order valence-corrected chi connectivity index (χ4v) is 3.04. The zero-order valence-electron chi connectivity index (χ0n) is 12.8. The molecule has 0 amide bonds. The van der Waals surface area contributed by atoms with Gasteiger partial charge in [0.05, 0.1) is 17.0 Å². The van der Waals surface area contributed by atoms with Gasteiger partial charge in [0.15, 0.2) is 5.58 Å². The summed E-state index contributed by atoms with van der Waals surface area (Å²) >= 11 is 1.51. The van der Waals surface area contributed by atoms with Gasteiger partial charge in [0.25, 0.3) is 0 Å². The van der Waals surface area contributed by atoms with Gasteiger partial charge in [0.1, 0.15) is 10.5 Å². The van der Waals surface area contributed by atoms with E-state index in [0.29, 0.717) is 17.0 Å². The lowest BCUT2D eigenvalue weighted by Gasteiger charge is -1.91. The molecule has 1 N–H and O–H groups in total. The molecule has 0 aliphatic carbocycles. The summed E-state index contributed by atoms with van der Waals surface area (Å²) in [7, 11) is 0. The third kappa shape index (κ3) is 3.17. The lowest BCUT2D eigenvalue weighted by molar-refractivity contribution is 0.0697. The van der Waals surface area contributed by atoms with Gasteiger partial charge in [-0.25, -0.2) is 14.8 Å². The molecule has 0 atom stereocenters. The maximum absolute atomic E-state index is 11.0. The van der Waals surface area contributed by atoms with E-state index in [0.717, 1.165) is 16.4 Å². The number of carboxylic acid groups (broad SMARTS) is 1.